The van der Waals surface area contributed by atoms with Crippen molar-refractivity contribution in [1.29, 1.82) is 0 Å². The topological polar surface area (TPSA) is 107 Å². The Balaban J connectivity index is 2.21. The van der Waals surface area contributed by atoms with Gasteiger partial charge in [-0.1, -0.05) is 29.8 Å². The van der Waals surface area contributed by atoms with Crippen LogP contribution in [0, 0.1) is 17.0 Å². The van der Waals surface area contributed by atoms with Crippen molar-refractivity contribution < 1.29 is 22.9 Å². The molecule has 0 aliphatic heterocycles. The van der Waals surface area contributed by atoms with Gasteiger partial charge in [-0.05, 0) is 49.4 Å². The van der Waals surface area contributed by atoms with Crippen LogP contribution in [0.15, 0.2) is 77.7 Å². The summed E-state index contributed by atoms with van der Waals surface area (Å²) >= 11 is 0. The molecule has 0 radical (unpaired) electrons. The molecule has 30 heavy (non-hydrogen) atoms. The lowest BCUT2D eigenvalue weighted by molar-refractivity contribution is -0.385. The van der Waals surface area contributed by atoms with Gasteiger partial charge in [0.1, 0.15) is 11.3 Å². The van der Waals surface area contributed by atoms with Crippen LogP contribution in [0.25, 0.3) is 0 Å². The third-order valence-corrected chi connectivity index (χ3v) is 6.11. The minimum Gasteiger partial charge on any atom is -0.497 e. The van der Waals surface area contributed by atoms with Gasteiger partial charge in [0.2, 0.25) is 0 Å². The zero-order chi connectivity index (χ0) is 21.9. The molecule has 3 aromatic carbocycles. The summed E-state index contributed by atoms with van der Waals surface area (Å²) in [6.45, 7) is 1.80. The van der Waals surface area contributed by atoms with Crippen LogP contribution in [-0.2, 0) is 10.0 Å². The number of nitro benzene ring substituents is 1. The van der Waals surface area contributed by atoms with Crippen LogP contribution >= 0.6 is 0 Å². The van der Waals surface area contributed by atoms with Gasteiger partial charge < -0.3 is 4.74 Å². The van der Waals surface area contributed by atoms with Gasteiger partial charge in [0.05, 0.1) is 22.6 Å². The molecule has 0 spiro atoms. The fourth-order valence-electron chi connectivity index (χ4n) is 2.82. The lowest BCUT2D eigenvalue weighted by Gasteiger charge is -2.23. The second-order valence-electron chi connectivity index (χ2n) is 6.36. The third-order valence-electron chi connectivity index (χ3n) is 4.38. The molecule has 0 N–H and O–H groups in total. The second kappa shape index (κ2) is 8.34. The molecule has 154 valence electrons. The first-order valence-electron chi connectivity index (χ1n) is 8.79. The highest BCUT2D eigenvalue weighted by Gasteiger charge is 2.35. The molecule has 3 aromatic rings. The van der Waals surface area contributed by atoms with Gasteiger partial charge in [0.15, 0.2) is 0 Å². The first-order valence-corrected chi connectivity index (χ1v) is 10.2. The summed E-state index contributed by atoms with van der Waals surface area (Å²) in [6, 6.07) is 17.0. The fourth-order valence-corrected chi connectivity index (χ4v) is 4.23. The molecule has 0 aliphatic carbocycles. The van der Waals surface area contributed by atoms with E-state index in [1.807, 2.05) is 0 Å². The standard InChI is InChI=1S/C21H18N2O6S/c1-15-7-13-18(14-8-15)30(27,28)22(16-9-11-17(29-2)12-10-16)21(24)19-5-3-4-6-20(19)23(25)26/h3-14H,1-2H3. The number of nitrogens with zero attached hydrogens (tertiary/aromatic N) is 2. The van der Waals surface area contributed by atoms with Crippen LogP contribution < -0.4 is 9.04 Å². The molecule has 0 saturated carbocycles. The number of hydrogen-bond donors (Lipinski definition) is 0. The predicted octanol–water partition coefficient (Wildman–Crippen LogP) is 3.95. The number of para-hydroxylation sites is 1. The molecule has 0 saturated heterocycles. The van der Waals surface area contributed by atoms with Crippen LogP contribution in [-0.4, -0.2) is 26.4 Å². The summed E-state index contributed by atoms with van der Waals surface area (Å²) in [4.78, 5) is 23.9. The molecule has 0 bridgehead atoms. The molecule has 0 aromatic heterocycles. The van der Waals surface area contributed by atoms with Gasteiger partial charge >= 0.3 is 0 Å². The van der Waals surface area contributed by atoms with Gasteiger partial charge in [-0.25, -0.2) is 8.42 Å². The Morgan fingerprint density at radius 2 is 1.57 bits per heavy atom. The van der Waals surface area contributed by atoms with Crippen molar-refractivity contribution in [3.63, 3.8) is 0 Å². The summed E-state index contributed by atoms with van der Waals surface area (Å²) in [5.74, 6) is -0.572. The summed E-state index contributed by atoms with van der Waals surface area (Å²) < 4.78 is 32.5. The Labute approximate surface area is 173 Å². The molecule has 9 heteroatoms. The molecule has 0 unspecified atom stereocenters. The average Bonchev–Trinajstić information content (AvgIpc) is 2.74. The Bertz CT molecular complexity index is 1190. The van der Waals surface area contributed by atoms with Gasteiger partial charge in [-0.15, -0.1) is 0 Å². The number of amides is 1. The van der Waals surface area contributed by atoms with Crippen molar-refractivity contribution >= 4 is 27.3 Å². The highest BCUT2D eigenvalue weighted by molar-refractivity contribution is 7.93. The van der Waals surface area contributed by atoms with Crippen LogP contribution in [0.5, 0.6) is 5.75 Å². The van der Waals surface area contributed by atoms with E-state index < -0.39 is 26.5 Å². The first kappa shape index (κ1) is 21.0. The molecule has 3 rings (SSSR count). The van der Waals surface area contributed by atoms with E-state index in [0.29, 0.717) is 10.1 Å². The minimum absolute atomic E-state index is 0.0273. The molecule has 0 heterocycles. The maximum atomic E-state index is 13.4. The smallest absolute Gasteiger partial charge is 0.282 e. The number of aryl methyl sites for hydroxylation is 1. The van der Waals surface area contributed by atoms with E-state index in [1.165, 1.54) is 61.7 Å². The monoisotopic (exact) mass is 426 g/mol. The molecular weight excluding hydrogens is 408 g/mol. The number of ether oxygens (including phenoxy) is 1. The Kier molecular flexibility index (Phi) is 5.84. The van der Waals surface area contributed by atoms with E-state index in [1.54, 1.807) is 19.1 Å². The van der Waals surface area contributed by atoms with Gasteiger partial charge in [0, 0.05) is 6.07 Å². The van der Waals surface area contributed by atoms with Crippen molar-refractivity contribution in [2.24, 2.45) is 0 Å². The van der Waals surface area contributed by atoms with Gasteiger partial charge in [-0.2, -0.15) is 4.31 Å². The van der Waals surface area contributed by atoms with E-state index in [4.69, 9.17) is 4.74 Å². The number of benzene rings is 3. The molecule has 1 amide bonds. The normalized spacial score (nSPS) is 11.0. The number of anilines is 1. The number of methoxy groups -OCH3 is 1. The predicted molar refractivity (Wildman–Crippen MR) is 111 cm³/mol. The van der Waals surface area contributed by atoms with Gasteiger partial charge in [-0.3, -0.25) is 14.9 Å². The quantitative estimate of drug-likeness (QED) is 0.436. The summed E-state index contributed by atoms with van der Waals surface area (Å²) in [6.07, 6.45) is 0. The lowest BCUT2D eigenvalue weighted by Crippen LogP contribution is -2.37. The SMILES string of the molecule is COc1ccc(N(C(=O)c2ccccc2[N+](=O)[O-])S(=O)(=O)c2ccc(C)cc2)cc1. The molecule has 0 atom stereocenters. The Hall–Kier alpha value is -3.72. The van der Waals surface area contributed by atoms with Gasteiger partial charge in [0.25, 0.3) is 21.6 Å². The number of rotatable bonds is 6. The zero-order valence-corrected chi connectivity index (χ0v) is 17.0. The van der Waals surface area contributed by atoms with Crippen molar-refractivity contribution in [2.45, 2.75) is 11.8 Å². The summed E-state index contributed by atoms with van der Waals surface area (Å²) in [7, 11) is -2.91. The third kappa shape index (κ3) is 4.01. The second-order valence-corrected chi connectivity index (χ2v) is 8.15. The van der Waals surface area contributed by atoms with Crippen LogP contribution in [0.2, 0.25) is 0 Å². The maximum absolute atomic E-state index is 13.4. The van der Waals surface area contributed by atoms with E-state index in [2.05, 4.69) is 0 Å². The summed E-state index contributed by atoms with van der Waals surface area (Å²) in [5.41, 5.74) is 0.0450. The number of carbonyl (C=O) groups is 1. The zero-order valence-electron chi connectivity index (χ0n) is 16.2. The Morgan fingerprint density at radius 1 is 0.967 bits per heavy atom. The Morgan fingerprint density at radius 3 is 2.13 bits per heavy atom. The molecule has 0 fully saturated rings. The number of hydrogen-bond acceptors (Lipinski definition) is 6. The molecule has 0 aliphatic rings. The fraction of sp³-hybridized carbons (Fsp3) is 0.0952. The number of carbonyl (C=O) groups excluding carboxylic acids is 1. The molecular formula is C21H18N2O6S. The summed E-state index contributed by atoms with van der Waals surface area (Å²) in [5, 5.41) is 11.4. The van der Waals surface area contributed by atoms with Crippen molar-refractivity contribution in [2.75, 3.05) is 11.4 Å². The highest BCUT2D eigenvalue weighted by atomic mass is 32.2. The van der Waals surface area contributed by atoms with Crippen LogP contribution in [0.4, 0.5) is 11.4 Å². The molecule has 8 nitrogen and oxygen atoms in total. The van der Waals surface area contributed by atoms with Crippen molar-refractivity contribution in [3.8, 4) is 5.75 Å². The van der Waals surface area contributed by atoms with Crippen LogP contribution in [0.1, 0.15) is 15.9 Å². The average molecular weight is 426 g/mol. The van der Waals surface area contributed by atoms with E-state index in [-0.39, 0.29) is 16.1 Å². The largest absolute Gasteiger partial charge is 0.497 e. The number of sulfonamides is 1. The first-order chi connectivity index (χ1) is 14.3. The van der Waals surface area contributed by atoms with E-state index in [9.17, 15) is 23.3 Å². The van der Waals surface area contributed by atoms with Crippen LogP contribution in [0.3, 0.4) is 0 Å². The van der Waals surface area contributed by atoms with Crippen molar-refractivity contribution in [1.82, 2.24) is 0 Å². The highest BCUT2D eigenvalue weighted by Crippen LogP contribution is 2.30. The lowest BCUT2D eigenvalue weighted by atomic mass is 10.1. The van der Waals surface area contributed by atoms with E-state index >= 15 is 0 Å². The van der Waals surface area contributed by atoms with Crippen molar-refractivity contribution in [3.05, 3.63) is 94.0 Å². The maximum Gasteiger partial charge on any atom is 0.282 e. The van der Waals surface area contributed by atoms with E-state index in [0.717, 1.165) is 11.6 Å². The minimum atomic E-state index is -4.36. The number of nitro groups is 1.